The van der Waals surface area contributed by atoms with Crippen molar-refractivity contribution in [2.24, 2.45) is 0 Å². The zero-order valence-electron chi connectivity index (χ0n) is 12.1. The zero-order valence-corrected chi connectivity index (χ0v) is 12.9. The van der Waals surface area contributed by atoms with Crippen molar-refractivity contribution in [1.29, 1.82) is 0 Å². The Labute approximate surface area is 121 Å². The zero-order chi connectivity index (χ0) is 14.6. The van der Waals surface area contributed by atoms with Crippen LogP contribution in [0.25, 0.3) is 0 Å². The van der Waals surface area contributed by atoms with Crippen LogP contribution < -0.4 is 10.0 Å². The molecule has 2 N–H and O–H groups in total. The first-order valence-corrected chi connectivity index (χ1v) is 8.55. The second-order valence-electron chi connectivity index (χ2n) is 5.18. The fourth-order valence-electron chi connectivity index (χ4n) is 2.48. The average Bonchev–Trinajstić information content (AvgIpc) is 2.83. The third-order valence-corrected chi connectivity index (χ3v) is 5.17. The van der Waals surface area contributed by atoms with E-state index in [1.54, 1.807) is 24.3 Å². The van der Waals surface area contributed by atoms with Gasteiger partial charge in [0, 0.05) is 24.8 Å². The largest absolute Gasteiger partial charge is 0.385 e. The molecule has 0 amide bonds. The van der Waals surface area contributed by atoms with Crippen molar-refractivity contribution in [3.63, 3.8) is 0 Å². The molecule has 0 saturated carbocycles. The van der Waals surface area contributed by atoms with E-state index in [-0.39, 0.29) is 0 Å². The maximum Gasteiger partial charge on any atom is 0.240 e. The highest BCUT2D eigenvalue weighted by Crippen LogP contribution is 2.16. The van der Waals surface area contributed by atoms with E-state index < -0.39 is 10.0 Å². The SMILES string of the molecule is CCNc1ccc(S(=O)(=O)NCC2CCCN2C)cc1. The Morgan fingerprint density at radius 2 is 2.00 bits per heavy atom. The number of sulfonamides is 1. The summed E-state index contributed by atoms with van der Waals surface area (Å²) in [5.41, 5.74) is 0.932. The highest BCUT2D eigenvalue weighted by atomic mass is 32.2. The highest BCUT2D eigenvalue weighted by Gasteiger charge is 2.23. The maximum absolute atomic E-state index is 12.2. The van der Waals surface area contributed by atoms with E-state index in [1.807, 2.05) is 14.0 Å². The van der Waals surface area contributed by atoms with Gasteiger partial charge in [0.15, 0.2) is 0 Å². The van der Waals surface area contributed by atoms with Crippen molar-refractivity contribution in [3.05, 3.63) is 24.3 Å². The summed E-state index contributed by atoms with van der Waals surface area (Å²) in [6.07, 6.45) is 2.19. The third-order valence-electron chi connectivity index (χ3n) is 3.73. The Balaban J connectivity index is 1.98. The first-order valence-electron chi connectivity index (χ1n) is 7.07. The van der Waals surface area contributed by atoms with E-state index in [4.69, 9.17) is 0 Å². The average molecular weight is 297 g/mol. The molecule has 0 bridgehead atoms. The Morgan fingerprint density at radius 3 is 2.55 bits per heavy atom. The lowest BCUT2D eigenvalue weighted by molar-refractivity contribution is 0.311. The number of hydrogen-bond acceptors (Lipinski definition) is 4. The molecule has 1 aromatic carbocycles. The molecule has 0 aliphatic carbocycles. The van der Waals surface area contributed by atoms with Crippen LogP contribution in [0.15, 0.2) is 29.2 Å². The topological polar surface area (TPSA) is 61.4 Å². The lowest BCUT2D eigenvalue weighted by Gasteiger charge is -2.19. The molecule has 6 heteroatoms. The number of likely N-dealkylation sites (N-methyl/N-ethyl adjacent to an activating group) is 1. The quantitative estimate of drug-likeness (QED) is 0.835. The van der Waals surface area contributed by atoms with Crippen LogP contribution in [0.1, 0.15) is 19.8 Å². The van der Waals surface area contributed by atoms with Gasteiger partial charge in [0.05, 0.1) is 4.90 Å². The van der Waals surface area contributed by atoms with Gasteiger partial charge in [-0.25, -0.2) is 13.1 Å². The molecule has 0 radical (unpaired) electrons. The van der Waals surface area contributed by atoms with Crippen LogP contribution in [0.2, 0.25) is 0 Å². The smallest absolute Gasteiger partial charge is 0.240 e. The van der Waals surface area contributed by atoms with Crippen molar-refractivity contribution in [1.82, 2.24) is 9.62 Å². The van der Waals surface area contributed by atoms with Crippen molar-refractivity contribution >= 4 is 15.7 Å². The number of hydrogen-bond donors (Lipinski definition) is 2. The number of anilines is 1. The van der Waals surface area contributed by atoms with Crippen molar-refractivity contribution in [2.45, 2.75) is 30.7 Å². The summed E-state index contributed by atoms with van der Waals surface area (Å²) in [5.74, 6) is 0. The Hall–Kier alpha value is -1.11. The molecule has 112 valence electrons. The molecule has 1 aromatic rings. The molecule has 1 aliphatic rings. The van der Waals surface area contributed by atoms with Crippen LogP contribution >= 0.6 is 0 Å². The summed E-state index contributed by atoms with van der Waals surface area (Å²) >= 11 is 0. The first kappa shape index (κ1) is 15.3. The second kappa shape index (κ2) is 6.56. The Bertz CT molecular complexity index is 528. The lowest BCUT2D eigenvalue weighted by atomic mass is 10.2. The summed E-state index contributed by atoms with van der Waals surface area (Å²) < 4.78 is 27.1. The van der Waals surface area contributed by atoms with Crippen LogP contribution in [0, 0.1) is 0 Å². The molecular formula is C14H23N3O2S. The lowest BCUT2D eigenvalue weighted by Crippen LogP contribution is -2.38. The number of nitrogens with zero attached hydrogens (tertiary/aromatic N) is 1. The number of benzene rings is 1. The molecule has 0 aromatic heterocycles. The van der Waals surface area contributed by atoms with Crippen LogP contribution in [-0.2, 0) is 10.0 Å². The van der Waals surface area contributed by atoms with E-state index in [0.717, 1.165) is 31.6 Å². The fraction of sp³-hybridized carbons (Fsp3) is 0.571. The summed E-state index contributed by atoms with van der Waals surface area (Å²) in [4.78, 5) is 2.52. The summed E-state index contributed by atoms with van der Waals surface area (Å²) in [5, 5.41) is 3.15. The van der Waals surface area contributed by atoms with E-state index in [2.05, 4.69) is 14.9 Å². The van der Waals surface area contributed by atoms with Gasteiger partial charge in [0.2, 0.25) is 10.0 Å². The van der Waals surface area contributed by atoms with Crippen molar-refractivity contribution in [3.8, 4) is 0 Å². The van der Waals surface area contributed by atoms with Crippen LogP contribution in [0.4, 0.5) is 5.69 Å². The van der Waals surface area contributed by atoms with Crippen molar-refractivity contribution in [2.75, 3.05) is 32.0 Å². The molecule has 1 unspecified atom stereocenters. The minimum Gasteiger partial charge on any atom is -0.385 e. The summed E-state index contributed by atoms with van der Waals surface area (Å²) in [7, 11) is -1.37. The normalized spacial score (nSPS) is 20.2. The van der Waals surface area contributed by atoms with E-state index in [0.29, 0.717) is 17.5 Å². The van der Waals surface area contributed by atoms with Gasteiger partial charge >= 0.3 is 0 Å². The van der Waals surface area contributed by atoms with Gasteiger partial charge in [-0.15, -0.1) is 0 Å². The van der Waals surface area contributed by atoms with Gasteiger partial charge in [-0.1, -0.05) is 0 Å². The van der Waals surface area contributed by atoms with Gasteiger partial charge in [-0.05, 0) is 57.6 Å². The monoisotopic (exact) mass is 297 g/mol. The number of rotatable bonds is 6. The molecule has 0 spiro atoms. The van der Waals surface area contributed by atoms with Crippen LogP contribution in [0.5, 0.6) is 0 Å². The first-order chi connectivity index (χ1) is 9.53. The van der Waals surface area contributed by atoms with Gasteiger partial charge in [-0.2, -0.15) is 0 Å². The molecule has 20 heavy (non-hydrogen) atoms. The van der Waals surface area contributed by atoms with Crippen LogP contribution in [0.3, 0.4) is 0 Å². The van der Waals surface area contributed by atoms with Crippen LogP contribution in [-0.4, -0.2) is 46.0 Å². The molecule has 1 saturated heterocycles. The molecule has 1 atom stereocenters. The number of nitrogens with one attached hydrogen (secondary N) is 2. The fourth-order valence-corrected chi connectivity index (χ4v) is 3.56. The number of likely N-dealkylation sites (tertiary alicyclic amines) is 1. The molecule has 2 rings (SSSR count). The second-order valence-corrected chi connectivity index (χ2v) is 6.95. The van der Waals surface area contributed by atoms with Gasteiger partial charge in [-0.3, -0.25) is 0 Å². The maximum atomic E-state index is 12.2. The van der Waals surface area contributed by atoms with Crippen molar-refractivity contribution < 1.29 is 8.42 Å². The van der Waals surface area contributed by atoms with E-state index >= 15 is 0 Å². The highest BCUT2D eigenvalue weighted by molar-refractivity contribution is 7.89. The molecule has 1 heterocycles. The van der Waals surface area contributed by atoms with E-state index in [1.165, 1.54) is 0 Å². The molecule has 1 fully saturated rings. The van der Waals surface area contributed by atoms with E-state index in [9.17, 15) is 8.42 Å². The minimum atomic E-state index is -3.41. The summed E-state index contributed by atoms with van der Waals surface area (Å²) in [6, 6.07) is 7.17. The Morgan fingerprint density at radius 1 is 1.30 bits per heavy atom. The predicted octanol–water partition coefficient (Wildman–Crippen LogP) is 1.49. The van der Waals surface area contributed by atoms with Gasteiger partial charge in [0.25, 0.3) is 0 Å². The van der Waals surface area contributed by atoms with Gasteiger partial charge < -0.3 is 10.2 Å². The predicted molar refractivity (Wildman–Crippen MR) is 81.4 cm³/mol. The minimum absolute atomic E-state index is 0.311. The molecular weight excluding hydrogens is 274 g/mol. The standard InChI is InChI=1S/C14H23N3O2S/c1-3-15-12-6-8-14(9-7-12)20(18,19)16-11-13-5-4-10-17(13)2/h6-9,13,15-16H,3-5,10-11H2,1-2H3. The summed E-state index contributed by atoms with van der Waals surface area (Å²) in [6.45, 7) is 4.35. The van der Waals surface area contributed by atoms with Gasteiger partial charge in [0.1, 0.15) is 0 Å². The Kier molecular flexibility index (Phi) is 5.01. The molecule has 1 aliphatic heterocycles. The molecule has 5 nitrogen and oxygen atoms in total. The third kappa shape index (κ3) is 3.71.